The van der Waals surface area contributed by atoms with Gasteiger partial charge in [-0.3, -0.25) is 0 Å². The summed E-state index contributed by atoms with van der Waals surface area (Å²) in [6.07, 6.45) is 1.39. The van der Waals surface area contributed by atoms with Gasteiger partial charge in [-0.2, -0.15) is 0 Å². The maximum absolute atomic E-state index is 2.23. The molecule has 2 heteroatoms. The molecule has 1 heterocycles. The van der Waals surface area contributed by atoms with E-state index in [1.165, 1.54) is 17.9 Å². The van der Waals surface area contributed by atoms with Gasteiger partial charge in [-0.05, 0) is 0 Å². The van der Waals surface area contributed by atoms with Crippen molar-refractivity contribution in [3.05, 3.63) is 0 Å². The molecule has 0 spiro atoms. The first-order valence-corrected chi connectivity index (χ1v) is 4.15. The van der Waals surface area contributed by atoms with Gasteiger partial charge in [0.15, 0.2) is 17.1 Å². The molecule has 34 valence electrons. The zero-order valence-electron chi connectivity index (χ0n) is 3.52. The topological polar surface area (TPSA) is 0 Å². The lowest BCUT2D eigenvalue weighted by molar-refractivity contribution is 1.13. The molecule has 0 radical (unpaired) electrons. The summed E-state index contributed by atoms with van der Waals surface area (Å²) in [7, 11) is 0. The molecular formula is C4H7S2+. The van der Waals surface area contributed by atoms with Crippen molar-refractivity contribution in [3.63, 3.8) is 0 Å². The lowest BCUT2D eigenvalue weighted by atomic mass is 10.6. The van der Waals surface area contributed by atoms with Crippen LogP contribution in [0.15, 0.2) is 0 Å². The van der Waals surface area contributed by atoms with Gasteiger partial charge in [0.1, 0.15) is 0 Å². The van der Waals surface area contributed by atoms with Crippen LogP contribution in [0.5, 0.6) is 0 Å². The van der Waals surface area contributed by atoms with E-state index in [0.717, 1.165) is 0 Å². The van der Waals surface area contributed by atoms with Gasteiger partial charge in [0, 0.05) is 12.2 Å². The summed E-state index contributed by atoms with van der Waals surface area (Å²) in [5.74, 6) is 2.68. The highest BCUT2D eigenvalue weighted by Crippen LogP contribution is 2.01. The van der Waals surface area contributed by atoms with Crippen LogP contribution < -0.4 is 0 Å². The van der Waals surface area contributed by atoms with Crippen molar-refractivity contribution in [1.82, 2.24) is 0 Å². The van der Waals surface area contributed by atoms with Crippen molar-refractivity contribution in [3.8, 4) is 0 Å². The molecule has 0 aromatic rings. The first-order chi connectivity index (χ1) is 3.00. The molecule has 0 bridgehead atoms. The smallest absolute Gasteiger partial charge is 0.0731 e. The molecule has 0 amide bonds. The highest BCUT2D eigenvalue weighted by Gasteiger charge is 2.00. The van der Waals surface area contributed by atoms with Gasteiger partial charge >= 0.3 is 0 Å². The number of hydrogen-bond acceptors (Lipinski definition) is 1. The SMILES string of the molecule is C1=[S+]CCCS1. The van der Waals surface area contributed by atoms with Crippen molar-refractivity contribution >= 4 is 27.8 Å². The van der Waals surface area contributed by atoms with Gasteiger partial charge < -0.3 is 0 Å². The molecule has 0 atom stereocenters. The Bertz CT molecular complexity index is 50.6. The minimum absolute atomic E-state index is 1.34. The Morgan fingerprint density at radius 1 is 1.67 bits per heavy atom. The second-order valence-corrected chi connectivity index (χ2v) is 3.44. The van der Waals surface area contributed by atoms with E-state index in [9.17, 15) is 0 Å². The Hall–Kier alpha value is 0.440. The van der Waals surface area contributed by atoms with Crippen LogP contribution in [0.3, 0.4) is 0 Å². The molecule has 0 saturated carbocycles. The van der Waals surface area contributed by atoms with Crippen LogP contribution >= 0.6 is 11.8 Å². The van der Waals surface area contributed by atoms with Crippen molar-refractivity contribution in [2.75, 3.05) is 11.5 Å². The van der Waals surface area contributed by atoms with Crippen molar-refractivity contribution < 1.29 is 0 Å². The van der Waals surface area contributed by atoms with E-state index >= 15 is 0 Å². The minimum atomic E-state index is 1.34. The fourth-order valence-corrected chi connectivity index (χ4v) is 2.33. The first kappa shape index (κ1) is 4.60. The van der Waals surface area contributed by atoms with E-state index in [0.29, 0.717) is 0 Å². The molecule has 0 fully saturated rings. The maximum atomic E-state index is 2.23. The second kappa shape index (κ2) is 2.59. The normalized spacial score (nSPS) is 21.3. The van der Waals surface area contributed by atoms with Crippen molar-refractivity contribution in [2.45, 2.75) is 6.42 Å². The highest BCUT2D eigenvalue weighted by molar-refractivity contribution is 8.20. The van der Waals surface area contributed by atoms with Crippen LogP contribution in [0.25, 0.3) is 0 Å². The van der Waals surface area contributed by atoms with Gasteiger partial charge in [-0.1, -0.05) is 11.8 Å². The van der Waals surface area contributed by atoms with Gasteiger partial charge in [0.05, 0.1) is 0 Å². The molecule has 0 aromatic heterocycles. The van der Waals surface area contributed by atoms with E-state index in [1.807, 2.05) is 23.1 Å². The van der Waals surface area contributed by atoms with Crippen molar-refractivity contribution in [2.24, 2.45) is 0 Å². The average molecular weight is 119 g/mol. The predicted molar refractivity (Wildman–Crippen MR) is 35.4 cm³/mol. The third-order valence-electron chi connectivity index (χ3n) is 0.660. The van der Waals surface area contributed by atoms with Gasteiger partial charge in [0.25, 0.3) is 0 Å². The van der Waals surface area contributed by atoms with Crippen LogP contribution in [0, 0.1) is 0 Å². The molecule has 0 aromatic carbocycles. The zero-order chi connectivity index (χ0) is 4.24. The van der Waals surface area contributed by atoms with E-state index < -0.39 is 0 Å². The van der Waals surface area contributed by atoms with Crippen LogP contribution in [0.4, 0.5) is 0 Å². The van der Waals surface area contributed by atoms with E-state index in [2.05, 4.69) is 4.70 Å². The zero-order valence-corrected chi connectivity index (χ0v) is 5.15. The minimum Gasteiger partial charge on any atom is -0.0731 e. The predicted octanol–water partition coefficient (Wildman–Crippen LogP) is 0.966. The van der Waals surface area contributed by atoms with Crippen LogP contribution in [0.2, 0.25) is 0 Å². The van der Waals surface area contributed by atoms with Gasteiger partial charge in [0.2, 0.25) is 4.70 Å². The summed E-state index contributed by atoms with van der Waals surface area (Å²) in [6, 6.07) is 0. The maximum Gasteiger partial charge on any atom is 0.222 e. The Balaban J connectivity index is 2.26. The Kier molecular flexibility index (Phi) is 1.98. The fraction of sp³-hybridized carbons (Fsp3) is 0.750. The van der Waals surface area contributed by atoms with Gasteiger partial charge in [-0.15, -0.1) is 0 Å². The summed E-state index contributed by atoms with van der Waals surface area (Å²) in [6.45, 7) is 0. The summed E-state index contributed by atoms with van der Waals surface area (Å²) >= 11 is 3.87. The monoisotopic (exact) mass is 119 g/mol. The van der Waals surface area contributed by atoms with Crippen molar-refractivity contribution in [1.29, 1.82) is 0 Å². The second-order valence-electron chi connectivity index (χ2n) is 1.19. The largest absolute Gasteiger partial charge is 0.222 e. The molecule has 0 nitrogen and oxygen atoms in total. The quantitative estimate of drug-likeness (QED) is 0.338. The Morgan fingerprint density at radius 3 is 2.83 bits per heavy atom. The Labute approximate surface area is 46.3 Å². The van der Waals surface area contributed by atoms with E-state index in [-0.39, 0.29) is 0 Å². The molecule has 1 aliphatic heterocycles. The molecule has 1 aliphatic rings. The molecule has 0 N–H and O–H groups in total. The third-order valence-corrected chi connectivity index (χ3v) is 2.80. The molecule has 1 rings (SSSR count). The summed E-state index contributed by atoms with van der Waals surface area (Å²) in [5, 5.41) is 0. The Morgan fingerprint density at radius 2 is 2.67 bits per heavy atom. The third kappa shape index (κ3) is 1.27. The van der Waals surface area contributed by atoms with Crippen LogP contribution in [-0.4, -0.2) is 16.2 Å². The standard InChI is InChI=1S/C4H7S2/c1-2-5-4-6-3-1/h4H,1-3H2/q+1. The van der Waals surface area contributed by atoms with E-state index in [4.69, 9.17) is 0 Å². The molecule has 6 heavy (non-hydrogen) atoms. The lowest BCUT2D eigenvalue weighted by Gasteiger charge is -1.86. The number of hydrogen-bond donors (Lipinski definition) is 0. The molecule has 0 saturated heterocycles. The van der Waals surface area contributed by atoms with Gasteiger partial charge in [-0.25, -0.2) is 0 Å². The molecule has 0 unspecified atom stereocenters. The number of rotatable bonds is 0. The van der Waals surface area contributed by atoms with Crippen LogP contribution in [-0.2, 0) is 11.4 Å². The summed E-state index contributed by atoms with van der Waals surface area (Å²) in [4.78, 5) is 0. The molecular weight excluding hydrogens is 112 g/mol. The first-order valence-electron chi connectivity index (χ1n) is 2.05. The highest BCUT2D eigenvalue weighted by atomic mass is 32.2. The van der Waals surface area contributed by atoms with Crippen LogP contribution in [0.1, 0.15) is 6.42 Å². The average Bonchev–Trinajstić information content (AvgIpc) is 1.72. The fourth-order valence-electron chi connectivity index (χ4n) is 0.370. The lowest BCUT2D eigenvalue weighted by Crippen LogP contribution is -1.92. The molecule has 0 aliphatic carbocycles. The summed E-state index contributed by atoms with van der Waals surface area (Å²) < 4.78 is 2.23. The number of thioether (sulfide) groups is 1. The van der Waals surface area contributed by atoms with E-state index in [1.54, 1.807) is 0 Å². The summed E-state index contributed by atoms with van der Waals surface area (Å²) in [5.41, 5.74) is 0.